The molecule has 1 N–H and O–H groups in total. The molecule has 1 amide bonds. The molecule has 1 aliphatic heterocycles. The van der Waals surface area contributed by atoms with Gasteiger partial charge in [-0.1, -0.05) is 36.5 Å². The van der Waals surface area contributed by atoms with E-state index in [1.165, 1.54) is 16.2 Å². The van der Waals surface area contributed by atoms with Crippen LogP contribution in [0.5, 0.6) is 5.75 Å². The summed E-state index contributed by atoms with van der Waals surface area (Å²) in [6.45, 7) is 4.61. The highest BCUT2D eigenvalue weighted by Crippen LogP contribution is 2.44. The van der Waals surface area contributed by atoms with Gasteiger partial charge in [-0.15, -0.1) is 0 Å². The molecule has 1 saturated heterocycles. The lowest BCUT2D eigenvalue weighted by Gasteiger charge is -2.23. The van der Waals surface area contributed by atoms with Crippen LogP contribution in [0, 0.1) is 6.92 Å². The lowest BCUT2D eigenvalue weighted by Crippen LogP contribution is -2.29. The maximum Gasteiger partial charge on any atom is 0.301 e. The molecular formula is C30H29N3O4S. The highest BCUT2D eigenvalue weighted by molar-refractivity contribution is 7.22. The van der Waals surface area contributed by atoms with Crippen molar-refractivity contribution in [3.05, 3.63) is 89.0 Å². The van der Waals surface area contributed by atoms with Crippen molar-refractivity contribution in [3.8, 4) is 5.75 Å². The first kappa shape index (κ1) is 25.5. The van der Waals surface area contributed by atoms with Gasteiger partial charge in [0, 0.05) is 25.3 Å². The SMILES string of the molecule is CCCOc1ccc(/C(O)=C2\C(=O)C(=O)N(c3nc4ccc(C)cc4s3)C2c2ccc(N(C)C)cc2)cc1. The Morgan fingerprint density at radius 3 is 2.42 bits per heavy atom. The van der Waals surface area contributed by atoms with Gasteiger partial charge >= 0.3 is 5.91 Å². The number of aryl methyl sites for hydroxylation is 1. The number of Topliss-reactive ketones (excluding diaryl/α,β-unsaturated/α-hetero) is 1. The Balaban J connectivity index is 1.65. The van der Waals surface area contributed by atoms with Gasteiger partial charge < -0.3 is 14.7 Å². The number of nitrogens with zero attached hydrogens (tertiary/aromatic N) is 3. The lowest BCUT2D eigenvalue weighted by atomic mass is 9.95. The van der Waals surface area contributed by atoms with Gasteiger partial charge in [0.2, 0.25) is 0 Å². The lowest BCUT2D eigenvalue weighted by molar-refractivity contribution is -0.132. The highest BCUT2D eigenvalue weighted by atomic mass is 32.1. The summed E-state index contributed by atoms with van der Waals surface area (Å²) < 4.78 is 6.57. The molecule has 4 aromatic rings. The number of aliphatic hydroxyl groups is 1. The summed E-state index contributed by atoms with van der Waals surface area (Å²) in [7, 11) is 3.89. The topological polar surface area (TPSA) is 83.0 Å². The van der Waals surface area contributed by atoms with E-state index in [9.17, 15) is 14.7 Å². The summed E-state index contributed by atoms with van der Waals surface area (Å²) in [6.07, 6.45) is 0.878. The van der Waals surface area contributed by atoms with Crippen molar-refractivity contribution in [1.82, 2.24) is 4.98 Å². The first-order valence-electron chi connectivity index (χ1n) is 12.5. The minimum Gasteiger partial charge on any atom is -0.507 e. The Kier molecular flexibility index (Phi) is 6.91. The molecule has 0 saturated carbocycles. The molecule has 1 fully saturated rings. The number of hydrogen-bond acceptors (Lipinski definition) is 7. The molecule has 194 valence electrons. The van der Waals surface area contributed by atoms with E-state index in [1.807, 2.05) is 75.3 Å². The van der Waals surface area contributed by atoms with E-state index < -0.39 is 17.7 Å². The van der Waals surface area contributed by atoms with Crippen molar-refractivity contribution in [2.45, 2.75) is 26.3 Å². The maximum atomic E-state index is 13.5. The highest BCUT2D eigenvalue weighted by Gasteiger charge is 2.48. The van der Waals surface area contributed by atoms with Crippen LogP contribution in [0.25, 0.3) is 16.0 Å². The van der Waals surface area contributed by atoms with Gasteiger partial charge in [0.15, 0.2) is 5.13 Å². The Morgan fingerprint density at radius 1 is 1.05 bits per heavy atom. The number of thiazole rings is 1. The molecule has 1 aromatic heterocycles. The van der Waals surface area contributed by atoms with Crippen molar-refractivity contribution >= 4 is 49.8 Å². The van der Waals surface area contributed by atoms with E-state index in [0.29, 0.717) is 28.6 Å². The second-order valence-corrected chi connectivity index (χ2v) is 10.5. The van der Waals surface area contributed by atoms with Crippen LogP contribution < -0.4 is 14.5 Å². The van der Waals surface area contributed by atoms with Gasteiger partial charge in [-0.25, -0.2) is 4.98 Å². The molecule has 0 aliphatic carbocycles. The molecule has 0 spiro atoms. The minimum atomic E-state index is -0.830. The Hall–Kier alpha value is -4.17. The predicted octanol–water partition coefficient (Wildman–Crippen LogP) is 6.09. The predicted molar refractivity (Wildman–Crippen MR) is 152 cm³/mol. The van der Waals surface area contributed by atoms with Crippen LogP contribution in [0.4, 0.5) is 10.8 Å². The van der Waals surface area contributed by atoms with Crippen LogP contribution in [0.15, 0.2) is 72.3 Å². The zero-order valence-corrected chi connectivity index (χ0v) is 22.6. The number of carbonyl (C=O) groups is 2. The molecule has 2 heterocycles. The standard InChI is InChI=1S/C30H29N3O4S/c1-5-16-37-22-13-9-20(10-14-22)27(34)25-26(19-7-11-21(12-8-19)32(3)4)33(29(36)28(25)35)30-31-23-15-6-18(2)17-24(23)38-30/h6-15,17,26,34H,5,16H2,1-4H3/b27-25+. The zero-order valence-electron chi connectivity index (χ0n) is 21.8. The van der Waals surface area contributed by atoms with Gasteiger partial charge in [0.25, 0.3) is 5.78 Å². The number of hydrogen-bond donors (Lipinski definition) is 1. The summed E-state index contributed by atoms with van der Waals surface area (Å²) in [5.41, 5.74) is 3.98. The maximum absolute atomic E-state index is 13.5. The van der Waals surface area contributed by atoms with E-state index >= 15 is 0 Å². The van der Waals surface area contributed by atoms with Crippen molar-refractivity contribution in [1.29, 1.82) is 0 Å². The fourth-order valence-electron chi connectivity index (χ4n) is 4.51. The van der Waals surface area contributed by atoms with E-state index in [-0.39, 0.29) is 11.3 Å². The average molecular weight is 528 g/mol. The van der Waals surface area contributed by atoms with Crippen LogP contribution in [0.3, 0.4) is 0 Å². The van der Waals surface area contributed by atoms with Crippen molar-refractivity contribution in [3.63, 3.8) is 0 Å². The third-order valence-corrected chi connectivity index (χ3v) is 7.53. The number of rotatable bonds is 7. The molecule has 5 rings (SSSR count). The number of ketones is 1. The largest absolute Gasteiger partial charge is 0.507 e. The molecular weight excluding hydrogens is 498 g/mol. The minimum absolute atomic E-state index is 0.0327. The van der Waals surface area contributed by atoms with Crippen molar-refractivity contribution in [2.24, 2.45) is 0 Å². The van der Waals surface area contributed by atoms with E-state index in [2.05, 4.69) is 0 Å². The third-order valence-electron chi connectivity index (χ3n) is 6.51. The first-order chi connectivity index (χ1) is 18.3. The van der Waals surface area contributed by atoms with E-state index in [0.717, 1.165) is 27.9 Å². The van der Waals surface area contributed by atoms with Crippen LogP contribution in [-0.2, 0) is 9.59 Å². The van der Waals surface area contributed by atoms with Gasteiger partial charge in [0.1, 0.15) is 11.5 Å². The average Bonchev–Trinajstić information content (AvgIpc) is 3.44. The summed E-state index contributed by atoms with van der Waals surface area (Å²) in [5.74, 6) is -1.02. The second-order valence-electron chi connectivity index (χ2n) is 9.50. The van der Waals surface area contributed by atoms with Gasteiger partial charge in [0.05, 0.1) is 28.4 Å². The Morgan fingerprint density at radius 2 is 1.76 bits per heavy atom. The van der Waals surface area contributed by atoms with E-state index in [4.69, 9.17) is 9.72 Å². The molecule has 1 aliphatic rings. The summed E-state index contributed by atoms with van der Waals surface area (Å²) in [4.78, 5) is 35.0. The summed E-state index contributed by atoms with van der Waals surface area (Å²) >= 11 is 1.35. The summed E-state index contributed by atoms with van der Waals surface area (Å²) in [6, 6.07) is 19.6. The summed E-state index contributed by atoms with van der Waals surface area (Å²) in [5, 5.41) is 11.8. The molecule has 38 heavy (non-hydrogen) atoms. The molecule has 7 nitrogen and oxygen atoms in total. The number of aliphatic hydroxyl groups excluding tert-OH is 1. The molecule has 3 aromatic carbocycles. The van der Waals surface area contributed by atoms with Crippen LogP contribution in [0.1, 0.15) is 36.1 Å². The number of amides is 1. The molecule has 1 unspecified atom stereocenters. The molecule has 0 bridgehead atoms. The number of anilines is 2. The first-order valence-corrected chi connectivity index (χ1v) is 13.3. The smallest absolute Gasteiger partial charge is 0.301 e. The fraction of sp³-hybridized carbons (Fsp3) is 0.233. The number of carbonyl (C=O) groups excluding carboxylic acids is 2. The van der Waals surface area contributed by atoms with Gasteiger partial charge in [-0.3, -0.25) is 14.5 Å². The Labute approximate surface area is 225 Å². The van der Waals surface area contributed by atoms with Crippen molar-refractivity contribution in [2.75, 3.05) is 30.5 Å². The molecule has 1 atom stereocenters. The monoisotopic (exact) mass is 527 g/mol. The number of aromatic nitrogens is 1. The van der Waals surface area contributed by atoms with Crippen LogP contribution in [0.2, 0.25) is 0 Å². The van der Waals surface area contributed by atoms with Crippen LogP contribution >= 0.6 is 11.3 Å². The van der Waals surface area contributed by atoms with Crippen LogP contribution in [-0.4, -0.2) is 42.5 Å². The second kappa shape index (κ2) is 10.3. The normalized spacial score (nSPS) is 16.8. The third kappa shape index (κ3) is 4.63. The number of ether oxygens (including phenoxy) is 1. The quantitative estimate of drug-likeness (QED) is 0.178. The molecule has 8 heteroatoms. The van der Waals surface area contributed by atoms with Gasteiger partial charge in [-0.05, 0) is 73.0 Å². The van der Waals surface area contributed by atoms with Crippen molar-refractivity contribution < 1.29 is 19.4 Å². The number of benzene rings is 3. The Bertz CT molecular complexity index is 1540. The fourth-order valence-corrected chi connectivity index (χ4v) is 5.60. The number of fused-ring (bicyclic) bond motifs is 1. The van der Waals surface area contributed by atoms with Gasteiger partial charge in [-0.2, -0.15) is 0 Å². The zero-order chi connectivity index (χ0) is 27.0. The molecule has 0 radical (unpaired) electrons. The van der Waals surface area contributed by atoms with E-state index in [1.54, 1.807) is 24.3 Å².